The Morgan fingerprint density at radius 3 is 2.69 bits per heavy atom. The molecule has 0 bridgehead atoms. The van der Waals surface area contributed by atoms with Gasteiger partial charge in [0, 0.05) is 17.6 Å². The maximum absolute atomic E-state index is 11.5. The summed E-state index contributed by atoms with van der Waals surface area (Å²) in [4.78, 5) is 13.6. The van der Waals surface area contributed by atoms with Crippen molar-refractivity contribution in [1.29, 1.82) is 0 Å². The van der Waals surface area contributed by atoms with Crippen LogP contribution in [0.2, 0.25) is 0 Å². The van der Waals surface area contributed by atoms with Gasteiger partial charge in [-0.3, -0.25) is 10.1 Å². The molecule has 0 unspecified atom stereocenters. The summed E-state index contributed by atoms with van der Waals surface area (Å²) in [5, 5.41) is 10.3. The molecule has 0 radical (unpaired) electrons. The summed E-state index contributed by atoms with van der Waals surface area (Å²) < 4.78 is 23.1. The molecule has 6 nitrogen and oxygen atoms in total. The third-order valence-corrected chi connectivity index (χ3v) is 3.93. The third kappa shape index (κ3) is 2.67. The van der Waals surface area contributed by atoms with Crippen LogP contribution >= 0.6 is 11.6 Å². The number of hydrogen-bond acceptors (Lipinski definition) is 5. The summed E-state index contributed by atoms with van der Waals surface area (Å²) in [5.41, 5.74) is 0.0537. The summed E-state index contributed by atoms with van der Waals surface area (Å²) in [5.74, 6) is -0.368. The van der Waals surface area contributed by atoms with Gasteiger partial charge in [-0.05, 0) is 6.92 Å². The van der Waals surface area contributed by atoms with Crippen LogP contribution in [0.4, 0.5) is 5.69 Å². The van der Waals surface area contributed by atoms with Gasteiger partial charge < -0.3 is 0 Å². The first-order valence-corrected chi connectivity index (χ1v) is 6.47. The molecule has 0 N–H and O–H groups in total. The fraction of sp³-hybridized carbons (Fsp3) is 0.375. The summed E-state index contributed by atoms with van der Waals surface area (Å²) in [7, 11) is -3.63. The highest BCUT2D eigenvalue weighted by Crippen LogP contribution is 2.20. The molecule has 0 saturated heterocycles. The molecule has 8 heteroatoms. The van der Waals surface area contributed by atoms with Crippen molar-refractivity contribution in [3.8, 4) is 0 Å². The first-order valence-electron chi connectivity index (χ1n) is 4.28. The van der Waals surface area contributed by atoms with E-state index in [2.05, 4.69) is 4.98 Å². The highest BCUT2D eigenvalue weighted by molar-refractivity contribution is 7.91. The van der Waals surface area contributed by atoms with Gasteiger partial charge in [-0.25, -0.2) is 13.4 Å². The second-order valence-electron chi connectivity index (χ2n) is 3.07. The van der Waals surface area contributed by atoms with Gasteiger partial charge in [-0.1, -0.05) is 0 Å². The summed E-state index contributed by atoms with van der Waals surface area (Å²) in [6, 6.07) is 0.956. The van der Waals surface area contributed by atoms with Crippen LogP contribution in [0.25, 0.3) is 0 Å². The SMILES string of the molecule is Cc1cnc(S(=O)(=O)CCCl)cc1[N+](=O)[O-]. The Bertz CT molecular complexity index is 515. The molecule has 0 aliphatic rings. The lowest BCUT2D eigenvalue weighted by molar-refractivity contribution is -0.385. The molecule has 1 rings (SSSR count). The van der Waals surface area contributed by atoms with Crippen LogP contribution in [-0.2, 0) is 9.84 Å². The number of nitro groups is 1. The second kappa shape index (κ2) is 4.75. The molecule has 1 aromatic heterocycles. The number of halogens is 1. The van der Waals surface area contributed by atoms with E-state index >= 15 is 0 Å². The van der Waals surface area contributed by atoms with Crippen LogP contribution in [-0.4, -0.2) is 30.0 Å². The number of aryl methyl sites for hydroxylation is 1. The van der Waals surface area contributed by atoms with Crippen molar-refractivity contribution < 1.29 is 13.3 Å². The van der Waals surface area contributed by atoms with Crippen LogP contribution < -0.4 is 0 Å². The normalized spacial score (nSPS) is 11.4. The minimum absolute atomic E-state index is 0.0777. The van der Waals surface area contributed by atoms with Gasteiger partial charge in [0.1, 0.15) is 0 Å². The van der Waals surface area contributed by atoms with Gasteiger partial charge in [0.15, 0.2) is 14.9 Å². The highest BCUT2D eigenvalue weighted by Gasteiger charge is 2.20. The average Bonchev–Trinajstić information content (AvgIpc) is 2.17. The standard InChI is InChI=1S/C8H9ClN2O4S/c1-6-5-10-8(4-7(6)11(12)13)16(14,15)3-2-9/h4-5H,2-3H2,1H3. The minimum Gasteiger partial charge on any atom is -0.258 e. The molecular weight excluding hydrogens is 256 g/mol. The number of alkyl halides is 1. The Morgan fingerprint density at radius 1 is 1.56 bits per heavy atom. The monoisotopic (exact) mass is 264 g/mol. The largest absolute Gasteiger partial charge is 0.276 e. The number of sulfone groups is 1. The molecule has 0 spiro atoms. The molecule has 0 saturated carbocycles. The van der Waals surface area contributed by atoms with E-state index in [0.717, 1.165) is 6.07 Å². The van der Waals surface area contributed by atoms with Crippen LogP contribution in [0.3, 0.4) is 0 Å². The molecule has 0 amide bonds. The Labute approximate surface area is 97.3 Å². The predicted molar refractivity (Wildman–Crippen MR) is 58.4 cm³/mol. The van der Waals surface area contributed by atoms with Crippen LogP contribution in [0.15, 0.2) is 17.3 Å². The van der Waals surface area contributed by atoms with E-state index in [1.165, 1.54) is 13.1 Å². The smallest absolute Gasteiger partial charge is 0.258 e. The van der Waals surface area contributed by atoms with Gasteiger partial charge in [0.05, 0.1) is 16.7 Å². The van der Waals surface area contributed by atoms with E-state index in [9.17, 15) is 18.5 Å². The molecule has 0 fully saturated rings. The Balaban J connectivity index is 3.28. The van der Waals surface area contributed by atoms with Crippen molar-refractivity contribution in [2.75, 3.05) is 11.6 Å². The fourth-order valence-corrected chi connectivity index (χ4v) is 2.59. The maximum atomic E-state index is 11.5. The number of nitrogens with zero attached hydrogens (tertiary/aromatic N) is 2. The average molecular weight is 265 g/mol. The van der Waals surface area contributed by atoms with E-state index in [4.69, 9.17) is 11.6 Å². The zero-order chi connectivity index (χ0) is 12.3. The lowest BCUT2D eigenvalue weighted by atomic mass is 10.3. The summed E-state index contributed by atoms with van der Waals surface area (Å²) in [6.07, 6.45) is 1.17. The van der Waals surface area contributed by atoms with E-state index in [1.807, 2.05) is 0 Å². The number of hydrogen-bond donors (Lipinski definition) is 0. The van der Waals surface area contributed by atoms with Crippen molar-refractivity contribution in [1.82, 2.24) is 4.98 Å². The number of rotatable bonds is 4. The van der Waals surface area contributed by atoms with E-state index in [-0.39, 0.29) is 22.3 Å². The number of pyridine rings is 1. The van der Waals surface area contributed by atoms with Gasteiger partial charge >= 0.3 is 0 Å². The first kappa shape index (κ1) is 12.9. The van der Waals surface area contributed by atoms with Crippen molar-refractivity contribution in [3.05, 3.63) is 27.9 Å². The zero-order valence-corrected chi connectivity index (χ0v) is 9.95. The van der Waals surface area contributed by atoms with E-state index < -0.39 is 14.8 Å². The summed E-state index contributed by atoms with van der Waals surface area (Å²) in [6.45, 7) is 1.49. The quantitative estimate of drug-likeness (QED) is 0.465. The topological polar surface area (TPSA) is 90.2 Å². The highest BCUT2D eigenvalue weighted by atomic mass is 35.5. The van der Waals surface area contributed by atoms with E-state index in [0.29, 0.717) is 5.56 Å². The predicted octanol–water partition coefficient (Wildman–Crippen LogP) is 1.31. The van der Waals surface area contributed by atoms with Gasteiger partial charge in [0.25, 0.3) is 5.69 Å². The lowest BCUT2D eigenvalue weighted by Gasteiger charge is -2.02. The second-order valence-corrected chi connectivity index (χ2v) is 5.51. The molecule has 0 aliphatic carbocycles. The Morgan fingerprint density at radius 2 is 2.19 bits per heavy atom. The van der Waals surface area contributed by atoms with Crippen LogP contribution in [0.1, 0.15) is 5.56 Å². The Hall–Kier alpha value is -1.21. The first-order chi connectivity index (χ1) is 7.38. The molecule has 1 heterocycles. The molecular formula is C8H9ClN2O4S. The van der Waals surface area contributed by atoms with Crippen molar-refractivity contribution >= 4 is 27.1 Å². The van der Waals surface area contributed by atoms with Gasteiger partial charge in [-0.2, -0.15) is 0 Å². The molecule has 88 valence electrons. The van der Waals surface area contributed by atoms with Crippen molar-refractivity contribution in [2.24, 2.45) is 0 Å². The van der Waals surface area contributed by atoms with Gasteiger partial charge in [0.2, 0.25) is 0 Å². The fourth-order valence-electron chi connectivity index (χ4n) is 1.07. The zero-order valence-electron chi connectivity index (χ0n) is 8.38. The van der Waals surface area contributed by atoms with E-state index in [1.54, 1.807) is 0 Å². The molecule has 0 aliphatic heterocycles. The lowest BCUT2D eigenvalue weighted by Crippen LogP contribution is -2.10. The molecule has 1 aromatic rings. The third-order valence-electron chi connectivity index (χ3n) is 1.91. The van der Waals surface area contributed by atoms with Crippen molar-refractivity contribution in [2.45, 2.75) is 11.9 Å². The number of aromatic nitrogens is 1. The van der Waals surface area contributed by atoms with Gasteiger partial charge in [-0.15, -0.1) is 11.6 Å². The molecule has 0 aromatic carbocycles. The molecule has 16 heavy (non-hydrogen) atoms. The van der Waals surface area contributed by atoms with Crippen molar-refractivity contribution in [3.63, 3.8) is 0 Å². The minimum atomic E-state index is -3.63. The Kier molecular flexibility index (Phi) is 3.82. The van der Waals surface area contributed by atoms with Crippen LogP contribution in [0, 0.1) is 17.0 Å². The molecule has 0 atom stereocenters. The summed E-state index contributed by atoms with van der Waals surface area (Å²) >= 11 is 5.33. The maximum Gasteiger partial charge on any atom is 0.276 e. The van der Waals surface area contributed by atoms with Crippen LogP contribution in [0.5, 0.6) is 0 Å².